The number of carboxylic acids is 1. The average Bonchev–Trinajstić information content (AvgIpc) is 2.75. The number of hydrogen-bond acceptors (Lipinski definition) is 3. The average molecular weight is 289 g/mol. The van der Waals surface area contributed by atoms with Crippen LogP contribution in [0.3, 0.4) is 0 Å². The largest absolute Gasteiger partial charge is 0.478 e. The van der Waals surface area contributed by atoms with Crippen LogP contribution in [0.1, 0.15) is 43.4 Å². The summed E-state index contributed by atoms with van der Waals surface area (Å²) in [5, 5.41) is 9.28. The summed E-state index contributed by atoms with van der Waals surface area (Å²) in [4.78, 5) is 27.1. The van der Waals surface area contributed by atoms with Crippen molar-refractivity contribution in [3.8, 4) is 0 Å². The number of imidazole rings is 1. The number of nitrogens with zero attached hydrogens (tertiary/aromatic N) is 2. The van der Waals surface area contributed by atoms with Crippen molar-refractivity contribution in [2.75, 3.05) is 0 Å². The maximum atomic E-state index is 11.3. The molecule has 0 fully saturated rings. The van der Waals surface area contributed by atoms with Crippen LogP contribution in [0.25, 0.3) is 11.0 Å². The van der Waals surface area contributed by atoms with E-state index >= 15 is 0 Å². The van der Waals surface area contributed by atoms with Crippen LogP contribution in [0.5, 0.6) is 0 Å². The molecule has 3 N–H and O–H groups in total. The highest BCUT2D eigenvalue weighted by molar-refractivity contribution is 6.01. The fourth-order valence-corrected chi connectivity index (χ4v) is 2.74. The minimum atomic E-state index is -1.01. The third-order valence-electron chi connectivity index (χ3n) is 3.51. The molecular formula is C15H19N3O3. The summed E-state index contributed by atoms with van der Waals surface area (Å²) < 4.78 is 1.92. The van der Waals surface area contributed by atoms with E-state index in [1.165, 1.54) is 6.07 Å². The van der Waals surface area contributed by atoms with Crippen LogP contribution in [0.4, 0.5) is 0 Å². The van der Waals surface area contributed by atoms with Gasteiger partial charge in [-0.05, 0) is 26.0 Å². The second-order valence-electron chi connectivity index (χ2n) is 5.65. The maximum Gasteiger partial charge on any atom is 0.337 e. The van der Waals surface area contributed by atoms with Crippen LogP contribution in [0, 0.1) is 0 Å². The van der Waals surface area contributed by atoms with Crippen LogP contribution >= 0.6 is 0 Å². The van der Waals surface area contributed by atoms with Crippen LogP contribution in [0.2, 0.25) is 0 Å². The van der Waals surface area contributed by atoms with Crippen molar-refractivity contribution < 1.29 is 14.7 Å². The van der Waals surface area contributed by atoms with E-state index in [-0.39, 0.29) is 12.0 Å². The number of carbonyl (C=O) groups excluding carboxylic acids is 1. The van der Waals surface area contributed by atoms with Gasteiger partial charge in [-0.15, -0.1) is 0 Å². The smallest absolute Gasteiger partial charge is 0.337 e. The number of para-hydroxylation sites is 1. The molecule has 21 heavy (non-hydrogen) atoms. The molecule has 0 radical (unpaired) electrons. The van der Waals surface area contributed by atoms with Crippen molar-refractivity contribution in [3.05, 3.63) is 29.6 Å². The number of aryl methyl sites for hydroxylation is 1. The minimum Gasteiger partial charge on any atom is -0.478 e. The maximum absolute atomic E-state index is 11.3. The van der Waals surface area contributed by atoms with Gasteiger partial charge in [-0.2, -0.15) is 0 Å². The molecule has 1 aromatic carbocycles. The molecule has 6 nitrogen and oxygen atoms in total. The Labute approximate surface area is 122 Å². The molecule has 0 saturated heterocycles. The van der Waals surface area contributed by atoms with E-state index in [1.54, 1.807) is 6.07 Å². The summed E-state index contributed by atoms with van der Waals surface area (Å²) in [6.07, 6.45) is 0.790. The molecule has 0 bridgehead atoms. The van der Waals surface area contributed by atoms with Gasteiger partial charge in [0.1, 0.15) is 11.3 Å². The van der Waals surface area contributed by atoms with Crippen LogP contribution in [-0.2, 0) is 16.8 Å². The zero-order valence-electron chi connectivity index (χ0n) is 12.4. The molecule has 2 aromatic rings. The van der Waals surface area contributed by atoms with Crippen LogP contribution < -0.4 is 5.73 Å². The number of carboxylic acid groups (broad SMARTS) is 1. The van der Waals surface area contributed by atoms with Gasteiger partial charge in [-0.25, -0.2) is 9.78 Å². The van der Waals surface area contributed by atoms with Crippen molar-refractivity contribution in [2.45, 2.75) is 39.2 Å². The zero-order chi connectivity index (χ0) is 15.8. The highest BCUT2D eigenvalue weighted by Gasteiger charge is 2.28. The lowest BCUT2D eigenvalue weighted by Gasteiger charge is -2.28. The SMILES string of the molecule is CCc1nc2c(C(=O)O)cccc2n1C(C)(C)CC(N)=O. The fourth-order valence-electron chi connectivity index (χ4n) is 2.74. The lowest BCUT2D eigenvalue weighted by Crippen LogP contribution is -2.33. The van der Waals surface area contributed by atoms with Crippen molar-refractivity contribution in [1.29, 1.82) is 0 Å². The fraction of sp³-hybridized carbons (Fsp3) is 0.400. The molecule has 0 saturated carbocycles. The molecule has 0 atom stereocenters. The van der Waals surface area contributed by atoms with Crippen molar-refractivity contribution in [3.63, 3.8) is 0 Å². The summed E-state index contributed by atoms with van der Waals surface area (Å²) in [6.45, 7) is 5.73. The summed E-state index contributed by atoms with van der Waals surface area (Å²) in [5.41, 5.74) is 6.08. The first-order chi connectivity index (χ1) is 9.77. The first-order valence-corrected chi connectivity index (χ1v) is 6.80. The van der Waals surface area contributed by atoms with Gasteiger partial charge in [0.15, 0.2) is 0 Å². The van der Waals surface area contributed by atoms with Crippen molar-refractivity contribution in [2.24, 2.45) is 5.73 Å². The highest BCUT2D eigenvalue weighted by atomic mass is 16.4. The Morgan fingerprint density at radius 1 is 1.38 bits per heavy atom. The molecule has 0 aliphatic carbocycles. The minimum absolute atomic E-state index is 0.156. The van der Waals surface area contributed by atoms with Crippen LogP contribution in [-0.4, -0.2) is 26.5 Å². The number of rotatable bonds is 5. The number of carbonyl (C=O) groups is 2. The summed E-state index contributed by atoms with van der Waals surface area (Å²) >= 11 is 0. The molecule has 2 rings (SSSR count). The topological polar surface area (TPSA) is 98.2 Å². The van der Waals surface area contributed by atoms with Gasteiger partial charge in [0, 0.05) is 18.4 Å². The summed E-state index contributed by atoms with van der Waals surface area (Å²) in [6, 6.07) is 5.03. The Morgan fingerprint density at radius 3 is 2.57 bits per heavy atom. The quantitative estimate of drug-likeness (QED) is 0.878. The predicted octanol–water partition coefficient (Wildman–Crippen LogP) is 1.91. The van der Waals surface area contributed by atoms with E-state index in [0.717, 1.165) is 5.82 Å². The second-order valence-corrected chi connectivity index (χ2v) is 5.65. The number of aromatic carboxylic acids is 1. The number of hydrogen-bond donors (Lipinski definition) is 2. The molecule has 6 heteroatoms. The van der Waals surface area contributed by atoms with Crippen molar-refractivity contribution in [1.82, 2.24) is 9.55 Å². The molecule has 0 spiro atoms. The number of aromatic nitrogens is 2. The van der Waals surface area contributed by atoms with Crippen molar-refractivity contribution >= 4 is 22.9 Å². The predicted molar refractivity (Wildman–Crippen MR) is 79.2 cm³/mol. The molecule has 0 aliphatic heterocycles. The molecule has 1 heterocycles. The van der Waals surface area contributed by atoms with Gasteiger partial charge in [-0.3, -0.25) is 4.79 Å². The number of benzene rings is 1. The standard InChI is InChI=1S/C15H19N3O3/c1-4-12-17-13-9(14(20)21)6-5-7-10(13)18(12)15(2,3)8-11(16)19/h5-7H,4,8H2,1-3H3,(H2,16,19)(H,20,21). The van der Waals surface area contributed by atoms with Gasteiger partial charge < -0.3 is 15.4 Å². The molecule has 1 aromatic heterocycles. The number of amides is 1. The summed E-state index contributed by atoms with van der Waals surface area (Å²) in [5.74, 6) is -0.677. The zero-order valence-corrected chi connectivity index (χ0v) is 12.4. The Morgan fingerprint density at radius 2 is 2.05 bits per heavy atom. The molecule has 0 aliphatic rings. The molecule has 0 unspecified atom stereocenters. The van der Waals surface area contributed by atoms with E-state index in [4.69, 9.17) is 5.73 Å². The van der Waals surface area contributed by atoms with Gasteiger partial charge >= 0.3 is 5.97 Å². The normalized spacial score (nSPS) is 11.8. The Kier molecular flexibility index (Phi) is 3.72. The number of primary amides is 1. The summed E-state index contributed by atoms with van der Waals surface area (Å²) in [7, 11) is 0. The number of nitrogens with two attached hydrogens (primary N) is 1. The number of fused-ring (bicyclic) bond motifs is 1. The van der Waals surface area contributed by atoms with Gasteiger partial charge in [0.25, 0.3) is 0 Å². The lowest BCUT2D eigenvalue weighted by atomic mass is 9.99. The van der Waals surface area contributed by atoms with Crippen LogP contribution in [0.15, 0.2) is 18.2 Å². The lowest BCUT2D eigenvalue weighted by molar-refractivity contribution is -0.119. The van der Waals surface area contributed by atoms with E-state index in [2.05, 4.69) is 4.98 Å². The first kappa shape index (κ1) is 15.0. The van der Waals surface area contributed by atoms with E-state index in [0.29, 0.717) is 17.5 Å². The Hall–Kier alpha value is -2.37. The van der Waals surface area contributed by atoms with Gasteiger partial charge in [0.2, 0.25) is 5.91 Å². The third kappa shape index (κ3) is 2.61. The van der Waals surface area contributed by atoms with E-state index in [1.807, 2.05) is 31.4 Å². The van der Waals surface area contributed by atoms with E-state index < -0.39 is 17.4 Å². The third-order valence-corrected chi connectivity index (χ3v) is 3.51. The van der Waals surface area contributed by atoms with E-state index in [9.17, 15) is 14.7 Å². The van der Waals surface area contributed by atoms with Gasteiger partial charge in [0.05, 0.1) is 11.1 Å². The Bertz CT molecular complexity index is 716. The first-order valence-electron chi connectivity index (χ1n) is 6.80. The molecular weight excluding hydrogens is 270 g/mol. The van der Waals surface area contributed by atoms with Gasteiger partial charge in [-0.1, -0.05) is 13.0 Å². The molecule has 112 valence electrons. The highest BCUT2D eigenvalue weighted by Crippen LogP contribution is 2.29. The second kappa shape index (κ2) is 5.20. The monoisotopic (exact) mass is 289 g/mol. The Balaban J connectivity index is 2.76. The molecule has 1 amide bonds.